The first-order chi connectivity index (χ1) is 13.7. The number of benzene rings is 1. The molecule has 0 radical (unpaired) electrons. The zero-order valence-electron chi connectivity index (χ0n) is 16.2. The molecule has 1 aliphatic carbocycles. The van der Waals surface area contributed by atoms with Crippen molar-refractivity contribution in [2.45, 2.75) is 38.8 Å². The summed E-state index contributed by atoms with van der Waals surface area (Å²) in [7, 11) is 0. The Hall–Kier alpha value is -2.32. The van der Waals surface area contributed by atoms with Gasteiger partial charge in [-0.2, -0.15) is 0 Å². The summed E-state index contributed by atoms with van der Waals surface area (Å²) >= 11 is 0. The van der Waals surface area contributed by atoms with Crippen molar-refractivity contribution >= 4 is 5.69 Å². The summed E-state index contributed by atoms with van der Waals surface area (Å²) in [4.78, 5) is 19.9. The molecule has 8 nitrogen and oxygen atoms in total. The maximum Gasteiger partial charge on any atom is 0.270 e. The second kappa shape index (κ2) is 8.79. The molecule has 2 aromatic rings. The summed E-state index contributed by atoms with van der Waals surface area (Å²) < 4.78 is 1.82. The Labute approximate surface area is 165 Å². The van der Waals surface area contributed by atoms with Crippen LogP contribution in [0.25, 0.3) is 11.4 Å². The van der Waals surface area contributed by atoms with Gasteiger partial charge in [-0.25, -0.2) is 9.67 Å². The van der Waals surface area contributed by atoms with Gasteiger partial charge < -0.3 is 4.90 Å². The third-order valence-corrected chi connectivity index (χ3v) is 5.90. The average Bonchev–Trinajstić information content (AvgIpc) is 3.19. The van der Waals surface area contributed by atoms with Gasteiger partial charge in [-0.05, 0) is 18.8 Å². The molecule has 0 bridgehead atoms. The molecule has 4 rings (SSSR count). The minimum atomic E-state index is -0.396. The van der Waals surface area contributed by atoms with Crippen LogP contribution in [0.1, 0.15) is 32.1 Å². The number of hydrogen-bond acceptors (Lipinski definition) is 6. The number of nitro groups is 1. The van der Waals surface area contributed by atoms with Crippen LogP contribution in [0.15, 0.2) is 30.6 Å². The van der Waals surface area contributed by atoms with Gasteiger partial charge in [0.05, 0.1) is 11.6 Å². The number of rotatable bonds is 6. The van der Waals surface area contributed by atoms with Gasteiger partial charge >= 0.3 is 0 Å². The van der Waals surface area contributed by atoms with E-state index in [2.05, 4.69) is 19.9 Å². The van der Waals surface area contributed by atoms with E-state index >= 15 is 0 Å². The van der Waals surface area contributed by atoms with Crippen molar-refractivity contribution in [1.82, 2.24) is 24.6 Å². The number of non-ortho nitro benzene ring substituents is 1. The zero-order chi connectivity index (χ0) is 19.3. The quantitative estimate of drug-likeness (QED) is 0.563. The predicted octanol–water partition coefficient (Wildman–Crippen LogP) is 3.01. The number of aromatic nitrogens is 3. The van der Waals surface area contributed by atoms with Crippen molar-refractivity contribution in [2.24, 2.45) is 5.92 Å². The molecule has 0 unspecified atom stereocenters. The summed E-state index contributed by atoms with van der Waals surface area (Å²) in [5.41, 5.74) is 0.730. The van der Waals surface area contributed by atoms with Gasteiger partial charge in [-0.15, -0.1) is 5.10 Å². The van der Waals surface area contributed by atoms with Crippen LogP contribution in [0, 0.1) is 16.0 Å². The second-order valence-corrected chi connectivity index (χ2v) is 7.98. The number of nitro benzene ring substituents is 1. The van der Waals surface area contributed by atoms with Crippen LogP contribution in [0.2, 0.25) is 0 Å². The summed E-state index contributed by atoms with van der Waals surface area (Å²) in [6.45, 7) is 6.27. The van der Waals surface area contributed by atoms with Gasteiger partial charge in [0.15, 0.2) is 5.82 Å². The fraction of sp³-hybridized carbons (Fsp3) is 0.600. The van der Waals surface area contributed by atoms with E-state index in [0.29, 0.717) is 18.1 Å². The lowest BCUT2D eigenvalue weighted by molar-refractivity contribution is -0.384. The highest BCUT2D eigenvalue weighted by Crippen LogP contribution is 2.25. The molecule has 8 heteroatoms. The Morgan fingerprint density at radius 1 is 1.07 bits per heavy atom. The van der Waals surface area contributed by atoms with Gasteiger partial charge in [0.25, 0.3) is 5.69 Å². The second-order valence-electron chi connectivity index (χ2n) is 7.98. The Kier molecular flexibility index (Phi) is 5.97. The van der Waals surface area contributed by atoms with E-state index in [4.69, 9.17) is 0 Å². The fourth-order valence-corrected chi connectivity index (χ4v) is 4.31. The van der Waals surface area contributed by atoms with Crippen molar-refractivity contribution in [3.63, 3.8) is 0 Å². The van der Waals surface area contributed by atoms with Crippen molar-refractivity contribution in [1.29, 1.82) is 0 Å². The molecule has 0 spiro atoms. The largest absolute Gasteiger partial charge is 0.301 e. The summed E-state index contributed by atoms with van der Waals surface area (Å²) in [5.74, 6) is 1.42. The molecule has 1 saturated heterocycles. The highest BCUT2D eigenvalue weighted by Gasteiger charge is 2.22. The van der Waals surface area contributed by atoms with Crippen LogP contribution in [-0.4, -0.2) is 62.2 Å². The van der Waals surface area contributed by atoms with E-state index in [-0.39, 0.29) is 5.69 Å². The van der Waals surface area contributed by atoms with Crippen molar-refractivity contribution < 1.29 is 4.92 Å². The first-order valence-corrected chi connectivity index (χ1v) is 10.3. The van der Waals surface area contributed by atoms with E-state index < -0.39 is 4.92 Å². The van der Waals surface area contributed by atoms with E-state index in [0.717, 1.165) is 32.1 Å². The van der Waals surface area contributed by atoms with Gasteiger partial charge in [0.2, 0.25) is 0 Å². The molecule has 0 amide bonds. The van der Waals surface area contributed by atoms with Gasteiger partial charge in [0.1, 0.15) is 6.33 Å². The zero-order valence-corrected chi connectivity index (χ0v) is 16.2. The third-order valence-electron chi connectivity index (χ3n) is 5.90. The van der Waals surface area contributed by atoms with E-state index in [9.17, 15) is 10.1 Å². The topological polar surface area (TPSA) is 80.3 Å². The highest BCUT2D eigenvalue weighted by atomic mass is 16.6. The molecular formula is C20H28N6O2. The van der Waals surface area contributed by atoms with E-state index in [1.54, 1.807) is 18.5 Å². The predicted molar refractivity (Wildman–Crippen MR) is 107 cm³/mol. The molecule has 1 saturated carbocycles. The van der Waals surface area contributed by atoms with Crippen LogP contribution in [-0.2, 0) is 6.67 Å². The lowest BCUT2D eigenvalue weighted by Crippen LogP contribution is -2.48. The maximum atomic E-state index is 11.0. The molecule has 28 heavy (non-hydrogen) atoms. The molecule has 1 aromatic heterocycles. The van der Waals surface area contributed by atoms with Crippen molar-refractivity contribution in [2.75, 3.05) is 32.7 Å². The first kappa shape index (κ1) is 19.0. The van der Waals surface area contributed by atoms with Crippen molar-refractivity contribution in [3.05, 3.63) is 40.7 Å². The first-order valence-electron chi connectivity index (χ1n) is 10.3. The number of hydrogen-bond donors (Lipinski definition) is 0. The molecule has 150 valence electrons. The molecule has 2 fully saturated rings. The van der Waals surface area contributed by atoms with Gasteiger partial charge in [-0.1, -0.05) is 31.4 Å². The van der Waals surface area contributed by atoms with Crippen LogP contribution >= 0.6 is 0 Å². The molecule has 0 N–H and O–H groups in total. The highest BCUT2D eigenvalue weighted by molar-refractivity contribution is 5.58. The molecule has 0 atom stereocenters. The molecule has 1 aromatic carbocycles. The van der Waals surface area contributed by atoms with Gasteiger partial charge in [0, 0.05) is 50.4 Å². The summed E-state index contributed by atoms with van der Waals surface area (Å²) in [5, 5.41) is 15.5. The SMILES string of the molecule is O=[N+]([O-])c1cccc(-c2ncn(CN3CCN(CC4CCCCC4)CC3)n2)c1. The minimum absolute atomic E-state index is 0.0583. The molecule has 2 aliphatic rings. The average molecular weight is 384 g/mol. The van der Waals surface area contributed by atoms with Crippen LogP contribution in [0.5, 0.6) is 0 Å². The lowest BCUT2D eigenvalue weighted by Gasteiger charge is -2.37. The number of piperazine rings is 1. The monoisotopic (exact) mass is 384 g/mol. The Morgan fingerprint density at radius 3 is 2.57 bits per heavy atom. The van der Waals surface area contributed by atoms with Crippen LogP contribution in [0.3, 0.4) is 0 Å². The summed E-state index contributed by atoms with van der Waals surface area (Å²) in [6.07, 6.45) is 8.75. The van der Waals surface area contributed by atoms with Crippen molar-refractivity contribution in [3.8, 4) is 11.4 Å². The normalized spacial score (nSPS) is 19.7. The Bertz CT molecular complexity index is 793. The minimum Gasteiger partial charge on any atom is -0.301 e. The van der Waals surface area contributed by atoms with Crippen LogP contribution in [0.4, 0.5) is 5.69 Å². The summed E-state index contributed by atoms with van der Waals surface area (Å²) in [6, 6.07) is 6.47. The van der Waals surface area contributed by atoms with E-state index in [1.165, 1.54) is 50.8 Å². The van der Waals surface area contributed by atoms with Crippen LogP contribution < -0.4 is 0 Å². The fourth-order valence-electron chi connectivity index (χ4n) is 4.31. The Morgan fingerprint density at radius 2 is 1.82 bits per heavy atom. The molecule has 2 heterocycles. The lowest BCUT2D eigenvalue weighted by atomic mass is 9.89. The number of nitrogens with zero attached hydrogens (tertiary/aromatic N) is 6. The maximum absolute atomic E-state index is 11.0. The third kappa shape index (κ3) is 4.74. The van der Waals surface area contributed by atoms with E-state index in [1.807, 2.05) is 4.68 Å². The Balaban J connectivity index is 1.29. The smallest absolute Gasteiger partial charge is 0.270 e. The van der Waals surface area contributed by atoms with Gasteiger partial charge in [-0.3, -0.25) is 15.0 Å². The standard InChI is InChI=1S/C20H28N6O2/c27-26(28)19-8-4-7-18(13-19)20-21-15-25(22-20)16-24-11-9-23(10-12-24)14-17-5-2-1-3-6-17/h4,7-8,13,15,17H,1-3,5-6,9-12,14,16H2. The molecular weight excluding hydrogens is 356 g/mol. The molecule has 1 aliphatic heterocycles.